The number of hydrogen-bond acceptors (Lipinski definition) is 3. The highest BCUT2D eigenvalue weighted by molar-refractivity contribution is 5.78. The van der Waals surface area contributed by atoms with Crippen molar-refractivity contribution in [1.29, 1.82) is 0 Å². The average Bonchev–Trinajstić information content (AvgIpc) is 2.73. The molecular weight excluding hydrogens is 266 g/mol. The molecule has 4 heteroatoms. The van der Waals surface area contributed by atoms with E-state index >= 15 is 0 Å². The van der Waals surface area contributed by atoms with Crippen LogP contribution in [0.15, 0.2) is 18.2 Å². The van der Waals surface area contributed by atoms with Crippen LogP contribution in [0, 0.1) is 5.92 Å². The van der Waals surface area contributed by atoms with Gasteiger partial charge in [-0.05, 0) is 37.0 Å². The zero-order chi connectivity index (χ0) is 15.1. The molecular formula is C17H25NO3. The molecule has 1 aliphatic rings. The molecule has 1 aromatic carbocycles. The molecule has 0 fully saturated rings. The van der Waals surface area contributed by atoms with E-state index in [4.69, 9.17) is 9.47 Å². The van der Waals surface area contributed by atoms with Crippen LogP contribution in [0.1, 0.15) is 38.7 Å². The second-order valence-electron chi connectivity index (χ2n) is 5.39. The third-order valence-electron chi connectivity index (χ3n) is 3.88. The van der Waals surface area contributed by atoms with E-state index in [9.17, 15) is 4.79 Å². The van der Waals surface area contributed by atoms with Gasteiger partial charge in [0.15, 0.2) is 11.5 Å². The van der Waals surface area contributed by atoms with E-state index < -0.39 is 0 Å². The van der Waals surface area contributed by atoms with E-state index in [1.807, 2.05) is 18.2 Å². The molecule has 0 radical (unpaired) electrons. The van der Waals surface area contributed by atoms with Gasteiger partial charge in [-0.3, -0.25) is 4.79 Å². The van der Waals surface area contributed by atoms with E-state index in [0.29, 0.717) is 19.8 Å². The maximum Gasteiger partial charge on any atom is 0.223 e. The summed E-state index contributed by atoms with van der Waals surface area (Å²) in [5, 5.41) is 3.01. The van der Waals surface area contributed by atoms with E-state index in [1.165, 1.54) is 0 Å². The Kier molecular flexibility index (Phi) is 5.90. The summed E-state index contributed by atoms with van der Waals surface area (Å²) in [4.78, 5) is 11.9. The van der Waals surface area contributed by atoms with Crippen LogP contribution in [0.25, 0.3) is 0 Å². The first-order chi connectivity index (χ1) is 10.2. The van der Waals surface area contributed by atoms with Gasteiger partial charge >= 0.3 is 0 Å². The van der Waals surface area contributed by atoms with Crippen LogP contribution in [-0.4, -0.2) is 25.7 Å². The molecule has 1 heterocycles. The van der Waals surface area contributed by atoms with Gasteiger partial charge in [-0.15, -0.1) is 0 Å². The number of hydrogen-bond donors (Lipinski definition) is 1. The van der Waals surface area contributed by atoms with E-state index in [0.717, 1.165) is 42.7 Å². The van der Waals surface area contributed by atoms with Crippen molar-refractivity contribution in [2.75, 3.05) is 19.8 Å². The van der Waals surface area contributed by atoms with E-state index in [1.54, 1.807) is 0 Å². The maximum absolute atomic E-state index is 11.9. The first-order valence-electron chi connectivity index (χ1n) is 7.90. The number of nitrogens with one attached hydrogen (secondary N) is 1. The molecule has 0 saturated heterocycles. The molecule has 0 atom stereocenters. The summed E-state index contributed by atoms with van der Waals surface area (Å²) in [6.07, 6.45) is 3.51. The van der Waals surface area contributed by atoms with Crippen LogP contribution < -0.4 is 14.8 Å². The summed E-state index contributed by atoms with van der Waals surface area (Å²) in [5.74, 6) is 1.93. The average molecular weight is 291 g/mol. The van der Waals surface area contributed by atoms with Crippen molar-refractivity contribution in [3.05, 3.63) is 23.8 Å². The highest BCUT2D eigenvalue weighted by Crippen LogP contribution is 2.30. The Hall–Kier alpha value is -1.71. The van der Waals surface area contributed by atoms with Crippen molar-refractivity contribution < 1.29 is 14.3 Å². The Bertz CT molecular complexity index is 469. The molecule has 0 bridgehead atoms. The minimum atomic E-state index is 0.133. The number of ether oxygens (including phenoxy) is 2. The predicted octanol–water partition coefficient (Wildman–Crippen LogP) is 2.94. The molecule has 116 valence electrons. The summed E-state index contributed by atoms with van der Waals surface area (Å²) in [6.45, 7) is 6.17. The molecule has 0 aromatic heterocycles. The van der Waals surface area contributed by atoms with Gasteiger partial charge in [-0.1, -0.05) is 19.9 Å². The molecule has 0 unspecified atom stereocenters. The van der Waals surface area contributed by atoms with Crippen molar-refractivity contribution in [2.45, 2.75) is 39.5 Å². The predicted molar refractivity (Wildman–Crippen MR) is 82.8 cm³/mol. The van der Waals surface area contributed by atoms with Gasteiger partial charge in [0, 0.05) is 18.9 Å². The Morgan fingerprint density at radius 3 is 2.62 bits per heavy atom. The van der Waals surface area contributed by atoms with Crippen molar-refractivity contribution in [2.24, 2.45) is 5.92 Å². The second-order valence-corrected chi connectivity index (χ2v) is 5.39. The second kappa shape index (κ2) is 7.91. The summed E-state index contributed by atoms with van der Waals surface area (Å²) in [6, 6.07) is 6.01. The maximum atomic E-state index is 11.9. The first kappa shape index (κ1) is 15.7. The smallest absolute Gasteiger partial charge is 0.223 e. The zero-order valence-corrected chi connectivity index (χ0v) is 13.0. The minimum absolute atomic E-state index is 0.133. The third-order valence-corrected chi connectivity index (χ3v) is 3.88. The Labute approximate surface area is 126 Å². The van der Waals surface area contributed by atoms with Crippen LogP contribution in [0.5, 0.6) is 11.5 Å². The number of carbonyl (C=O) groups is 1. The third kappa shape index (κ3) is 4.38. The zero-order valence-electron chi connectivity index (χ0n) is 13.0. The molecule has 1 amide bonds. The molecule has 21 heavy (non-hydrogen) atoms. The van der Waals surface area contributed by atoms with Gasteiger partial charge in [0.05, 0.1) is 13.2 Å². The molecule has 1 aliphatic heterocycles. The fourth-order valence-corrected chi connectivity index (χ4v) is 2.50. The summed E-state index contributed by atoms with van der Waals surface area (Å²) < 4.78 is 11.3. The monoisotopic (exact) mass is 291 g/mol. The van der Waals surface area contributed by atoms with E-state index in [-0.39, 0.29) is 11.8 Å². The molecule has 4 nitrogen and oxygen atoms in total. The van der Waals surface area contributed by atoms with Gasteiger partial charge in [0.25, 0.3) is 0 Å². The van der Waals surface area contributed by atoms with Gasteiger partial charge < -0.3 is 14.8 Å². The standard InChI is InChI=1S/C17H25NO3/c1-3-14(4-2)17(19)18-9-8-13-6-7-15-16(12-13)21-11-5-10-20-15/h6-7,12,14H,3-5,8-11H2,1-2H3,(H,18,19). The normalized spacial score (nSPS) is 13.9. The van der Waals surface area contributed by atoms with E-state index in [2.05, 4.69) is 19.2 Å². The van der Waals surface area contributed by atoms with Crippen LogP contribution in [-0.2, 0) is 11.2 Å². The highest BCUT2D eigenvalue weighted by atomic mass is 16.5. The number of fused-ring (bicyclic) bond motifs is 1. The highest BCUT2D eigenvalue weighted by Gasteiger charge is 2.14. The van der Waals surface area contributed by atoms with Crippen LogP contribution in [0.3, 0.4) is 0 Å². The topological polar surface area (TPSA) is 47.6 Å². The van der Waals surface area contributed by atoms with Crippen LogP contribution in [0.4, 0.5) is 0 Å². The van der Waals surface area contributed by atoms with Crippen LogP contribution >= 0.6 is 0 Å². The Morgan fingerprint density at radius 2 is 1.90 bits per heavy atom. The molecule has 2 rings (SSSR count). The minimum Gasteiger partial charge on any atom is -0.490 e. The van der Waals surface area contributed by atoms with Crippen molar-refractivity contribution in [3.63, 3.8) is 0 Å². The first-order valence-corrected chi connectivity index (χ1v) is 7.90. The molecule has 0 spiro atoms. The van der Waals surface area contributed by atoms with Crippen molar-refractivity contribution in [3.8, 4) is 11.5 Å². The lowest BCUT2D eigenvalue weighted by Crippen LogP contribution is -2.31. The quantitative estimate of drug-likeness (QED) is 0.876. The van der Waals surface area contributed by atoms with Crippen molar-refractivity contribution in [1.82, 2.24) is 5.32 Å². The van der Waals surface area contributed by atoms with Gasteiger partial charge in [0.1, 0.15) is 0 Å². The van der Waals surface area contributed by atoms with Gasteiger partial charge in [-0.2, -0.15) is 0 Å². The van der Waals surface area contributed by atoms with Gasteiger partial charge in [0.2, 0.25) is 5.91 Å². The Morgan fingerprint density at radius 1 is 1.19 bits per heavy atom. The largest absolute Gasteiger partial charge is 0.490 e. The number of carbonyl (C=O) groups excluding carboxylic acids is 1. The number of amides is 1. The Balaban J connectivity index is 1.86. The lowest BCUT2D eigenvalue weighted by Gasteiger charge is -2.13. The SMILES string of the molecule is CCC(CC)C(=O)NCCc1ccc2c(c1)OCCCO2. The molecule has 0 saturated carbocycles. The summed E-state index contributed by atoms with van der Waals surface area (Å²) in [5.41, 5.74) is 1.16. The lowest BCUT2D eigenvalue weighted by atomic mass is 10.0. The summed E-state index contributed by atoms with van der Waals surface area (Å²) in [7, 11) is 0. The van der Waals surface area contributed by atoms with Gasteiger partial charge in [-0.25, -0.2) is 0 Å². The number of rotatable bonds is 6. The number of benzene rings is 1. The lowest BCUT2D eigenvalue weighted by molar-refractivity contribution is -0.125. The molecule has 1 aromatic rings. The summed E-state index contributed by atoms with van der Waals surface area (Å²) >= 11 is 0. The van der Waals surface area contributed by atoms with Crippen LogP contribution in [0.2, 0.25) is 0 Å². The fraction of sp³-hybridized carbons (Fsp3) is 0.588. The van der Waals surface area contributed by atoms with Crippen molar-refractivity contribution >= 4 is 5.91 Å². The molecule has 0 aliphatic carbocycles. The fourth-order valence-electron chi connectivity index (χ4n) is 2.50. The molecule has 1 N–H and O–H groups in total.